The first-order chi connectivity index (χ1) is 9.85. The molecule has 0 amide bonds. The van der Waals surface area contributed by atoms with Crippen LogP contribution in [0.2, 0.25) is 0 Å². The first kappa shape index (κ1) is 15.1. The highest BCUT2D eigenvalue weighted by atomic mass is 16.5. The van der Waals surface area contributed by atoms with Crippen LogP contribution in [0.5, 0.6) is 11.5 Å². The van der Waals surface area contributed by atoms with Gasteiger partial charge in [0.05, 0.1) is 6.61 Å². The molecular weight excluding hydrogens is 252 g/mol. The van der Waals surface area contributed by atoms with Crippen molar-refractivity contribution in [1.29, 1.82) is 0 Å². The fourth-order valence-electron chi connectivity index (χ4n) is 2.61. The van der Waals surface area contributed by atoms with E-state index in [0.717, 1.165) is 36.8 Å². The summed E-state index contributed by atoms with van der Waals surface area (Å²) in [5, 5.41) is 3.18. The molecule has 0 aliphatic carbocycles. The lowest BCUT2D eigenvalue weighted by molar-refractivity contribution is 0.224. The van der Waals surface area contributed by atoms with Crippen molar-refractivity contribution >= 4 is 0 Å². The van der Waals surface area contributed by atoms with E-state index in [1.165, 1.54) is 25.9 Å². The molecule has 1 aliphatic rings. The smallest absolute Gasteiger partial charge is 0.165 e. The molecule has 0 radical (unpaired) electrons. The van der Waals surface area contributed by atoms with Crippen molar-refractivity contribution in [2.45, 2.75) is 26.3 Å². The highest BCUT2D eigenvalue weighted by Crippen LogP contribution is 2.31. The Hall–Kier alpha value is -1.26. The second kappa shape index (κ2) is 8.12. The summed E-state index contributed by atoms with van der Waals surface area (Å²) in [6, 6.07) is 6.09. The van der Waals surface area contributed by atoms with E-state index in [-0.39, 0.29) is 0 Å². The van der Waals surface area contributed by atoms with Crippen molar-refractivity contribution in [3.8, 4) is 11.5 Å². The van der Waals surface area contributed by atoms with Crippen LogP contribution in [0.4, 0.5) is 0 Å². The van der Waals surface area contributed by atoms with E-state index in [1.807, 2.05) is 26.1 Å². The monoisotopic (exact) mass is 278 g/mol. The third-order valence-corrected chi connectivity index (χ3v) is 3.58. The summed E-state index contributed by atoms with van der Waals surface area (Å²) in [5.74, 6) is 1.74. The zero-order chi connectivity index (χ0) is 14.2. The first-order valence-corrected chi connectivity index (χ1v) is 7.59. The van der Waals surface area contributed by atoms with E-state index in [9.17, 15) is 0 Å². The van der Waals surface area contributed by atoms with Crippen molar-refractivity contribution < 1.29 is 9.47 Å². The van der Waals surface area contributed by atoms with E-state index in [2.05, 4.69) is 16.3 Å². The number of nitrogens with one attached hydrogen (secondary N) is 1. The SMILES string of the molecule is CCOc1cccc(CNC)c1OCCN1CCCC1. The summed E-state index contributed by atoms with van der Waals surface area (Å²) in [6.07, 6.45) is 2.64. The Morgan fingerprint density at radius 1 is 1.20 bits per heavy atom. The predicted molar refractivity (Wildman–Crippen MR) is 81.5 cm³/mol. The number of para-hydroxylation sites is 1. The molecule has 1 heterocycles. The van der Waals surface area contributed by atoms with Crippen LogP contribution >= 0.6 is 0 Å². The highest BCUT2D eigenvalue weighted by molar-refractivity contribution is 5.46. The molecule has 2 rings (SSSR count). The lowest BCUT2D eigenvalue weighted by Gasteiger charge is -2.18. The zero-order valence-corrected chi connectivity index (χ0v) is 12.7. The van der Waals surface area contributed by atoms with Gasteiger partial charge in [0.1, 0.15) is 6.61 Å². The van der Waals surface area contributed by atoms with E-state index in [4.69, 9.17) is 9.47 Å². The maximum Gasteiger partial charge on any atom is 0.165 e. The molecule has 0 saturated carbocycles. The molecule has 1 saturated heterocycles. The summed E-state index contributed by atoms with van der Waals surface area (Å²) < 4.78 is 11.7. The van der Waals surface area contributed by atoms with Crippen LogP contribution in [0.3, 0.4) is 0 Å². The summed E-state index contributed by atoms with van der Waals surface area (Å²) in [7, 11) is 1.95. The molecule has 1 aromatic carbocycles. The molecule has 0 unspecified atom stereocenters. The van der Waals surface area contributed by atoms with Gasteiger partial charge in [-0.25, -0.2) is 0 Å². The van der Waals surface area contributed by atoms with Gasteiger partial charge in [-0.3, -0.25) is 4.90 Å². The van der Waals surface area contributed by atoms with Crippen LogP contribution in [-0.2, 0) is 6.54 Å². The number of nitrogens with zero attached hydrogens (tertiary/aromatic N) is 1. The zero-order valence-electron chi connectivity index (χ0n) is 12.7. The predicted octanol–water partition coefficient (Wildman–Crippen LogP) is 2.28. The highest BCUT2D eigenvalue weighted by Gasteiger charge is 2.13. The molecule has 4 nitrogen and oxygen atoms in total. The fourth-order valence-corrected chi connectivity index (χ4v) is 2.61. The van der Waals surface area contributed by atoms with E-state index in [1.54, 1.807) is 0 Å². The third-order valence-electron chi connectivity index (χ3n) is 3.58. The van der Waals surface area contributed by atoms with E-state index in [0.29, 0.717) is 6.61 Å². The van der Waals surface area contributed by atoms with Gasteiger partial charge < -0.3 is 14.8 Å². The van der Waals surface area contributed by atoms with Gasteiger partial charge in [0.2, 0.25) is 0 Å². The molecule has 0 bridgehead atoms. The first-order valence-electron chi connectivity index (χ1n) is 7.59. The van der Waals surface area contributed by atoms with Gasteiger partial charge in [0, 0.05) is 18.7 Å². The quantitative estimate of drug-likeness (QED) is 0.791. The van der Waals surface area contributed by atoms with Gasteiger partial charge in [0.15, 0.2) is 11.5 Å². The summed E-state index contributed by atoms with van der Waals surface area (Å²) >= 11 is 0. The van der Waals surface area contributed by atoms with Crippen molar-refractivity contribution in [1.82, 2.24) is 10.2 Å². The molecule has 20 heavy (non-hydrogen) atoms. The maximum absolute atomic E-state index is 6.03. The number of benzene rings is 1. The second-order valence-electron chi connectivity index (χ2n) is 5.10. The topological polar surface area (TPSA) is 33.7 Å². The van der Waals surface area contributed by atoms with Crippen LogP contribution in [0, 0.1) is 0 Å². The third kappa shape index (κ3) is 4.12. The number of ether oxygens (including phenoxy) is 2. The second-order valence-corrected chi connectivity index (χ2v) is 5.10. The Morgan fingerprint density at radius 3 is 2.70 bits per heavy atom. The standard InChI is InChI=1S/C16H26N2O2/c1-3-19-15-8-6-7-14(13-17-2)16(15)20-12-11-18-9-4-5-10-18/h6-8,17H,3-5,9-13H2,1-2H3. The van der Waals surface area contributed by atoms with Gasteiger partial charge in [0.25, 0.3) is 0 Å². The lowest BCUT2D eigenvalue weighted by atomic mass is 10.2. The Labute approximate surface area is 122 Å². The number of likely N-dealkylation sites (tertiary alicyclic amines) is 1. The van der Waals surface area contributed by atoms with E-state index >= 15 is 0 Å². The van der Waals surface area contributed by atoms with Crippen molar-refractivity contribution in [3.05, 3.63) is 23.8 Å². The molecule has 1 aliphatic heterocycles. The van der Waals surface area contributed by atoms with Crippen LogP contribution < -0.4 is 14.8 Å². The van der Waals surface area contributed by atoms with Crippen molar-refractivity contribution in [2.24, 2.45) is 0 Å². The average Bonchev–Trinajstić information content (AvgIpc) is 2.95. The number of hydrogen-bond acceptors (Lipinski definition) is 4. The molecule has 1 N–H and O–H groups in total. The minimum Gasteiger partial charge on any atom is -0.490 e. The maximum atomic E-state index is 6.03. The van der Waals surface area contributed by atoms with Gasteiger partial charge in [-0.05, 0) is 46.0 Å². The number of rotatable bonds is 8. The number of hydrogen-bond donors (Lipinski definition) is 1. The Bertz CT molecular complexity index is 379. The molecule has 1 aromatic rings. The van der Waals surface area contributed by atoms with Gasteiger partial charge in [-0.15, -0.1) is 0 Å². The van der Waals surface area contributed by atoms with E-state index < -0.39 is 0 Å². The molecular formula is C16H26N2O2. The van der Waals surface area contributed by atoms with Gasteiger partial charge in [-0.2, -0.15) is 0 Å². The summed E-state index contributed by atoms with van der Waals surface area (Å²) in [6.45, 7) is 7.59. The van der Waals surface area contributed by atoms with Crippen LogP contribution in [0.25, 0.3) is 0 Å². The van der Waals surface area contributed by atoms with Crippen LogP contribution in [0.15, 0.2) is 18.2 Å². The minimum atomic E-state index is 0.658. The molecule has 0 atom stereocenters. The van der Waals surface area contributed by atoms with Crippen molar-refractivity contribution in [2.75, 3.05) is 39.9 Å². The summed E-state index contributed by atoms with van der Waals surface area (Å²) in [5.41, 5.74) is 1.15. The molecule has 112 valence electrons. The Balaban J connectivity index is 1.98. The van der Waals surface area contributed by atoms with Gasteiger partial charge in [-0.1, -0.05) is 12.1 Å². The largest absolute Gasteiger partial charge is 0.490 e. The average molecular weight is 278 g/mol. The summed E-state index contributed by atoms with van der Waals surface area (Å²) in [4.78, 5) is 2.46. The molecule has 0 spiro atoms. The minimum absolute atomic E-state index is 0.658. The van der Waals surface area contributed by atoms with Gasteiger partial charge >= 0.3 is 0 Å². The molecule has 4 heteroatoms. The Kier molecular flexibility index (Phi) is 6.15. The fraction of sp³-hybridized carbons (Fsp3) is 0.625. The van der Waals surface area contributed by atoms with Crippen LogP contribution in [0.1, 0.15) is 25.3 Å². The molecule has 0 aromatic heterocycles. The normalized spacial score (nSPS) is 15.5. The lowest BCUT2D eigenvalue weighted by Crippen LogP contribution is -2.25. The molecule has 1 fully saturated rings. The Morgan fingerprint density at radius 2 is 2.00 bits per heavy atom. The van der Waals surface area contributed by atoms with Crippen LogP contribution in [-0.4, -0.2) is 44.8 Å². The van der Waals surface area contributed by atoms with Crippen molar-refractivity contribution in [3.63, 3.8) is 0 Å².